The summed E-state index contributed by atoms with van der Waals surface area (Å²) < 4.78 is 2.14. The van der Waals surface area contributed by atoms with Crippen LogP contribution in [0.2, 0.25) is 0 Å². The lowest BCUT2D eigenvalue weighted by atomic mass is 10.3. The van der Waals surface area contributed by atoms with Crippen molar-refractivity contribution in [3.8, 4) is 11.5 Å². The second-order valence-electron chi connectivity index (χ2n) is 3.60. The van der Waals surface area contributed by atoms with Gasteiger partial charge in [-0.15, -0.1) is 10.2 Å². The lowest BCUT2D eigenvalue weighted by Crippen LogP contribution is -2.01. The van der Waals surface area contributed by atoms with Crippen molar-refractivity contribution in [2.24, 2.45) is 0 Å². The molecule has 0 radical (unpaired) electrons. The summed E-state index contributed by atoms with van der Waals surface area (Å²) in [5, 5.41) is 9.40. The summed E-state index contributed by atoms with van der Waals surface area (Å²) >= 11 is 1.77. The third-order valence-corrected chi connectivity index (χ3v) is 3.57. The summed E-state index contributed by atoms with van der Waals surface area (Å²) in [5.41, 5.74) is 0.795. The molecule has 6 heteroatoms. The van der Waals surface area contributed by atoms with Crippen LogP contribution >= 0.6 is 11.8 Å². The molecule has 0 saturated heterocycles. The van der Waals surface area contributed by atoms with Gasteiger partial charge < -0.3 is 4.57 Å². The molecule has 0 unspecified atom stereocenters. The highest BCUT2D eigenvalue weighted by Crippen LogP contribution is 2.26. The molecule has 1 aliphatic rings. The Hall–Kier alpha value is -1.43. The van der Waals surface area contributed by atoms with Gasteiger partial charge in [0, 0.05) is 24.7 Å². The maximum atomic E-state index is 4.26. The van der Waals surface area contributed by atoms with Gasteiger partial charge in [0.25, 0.3) is 0 Å². The molecule has 0 fully saturated rings. The first-order valence-corrected chi connectivity index (χ1v) is 6.26. The SMILES string of the molecule is c1cnc(-c2nnc3n2CCCCS3)cn1. The molecule has 82 valence electrons. The first-order valence-electron chi connectivity index (χ1n) is 5.27. The van der Waals surface area contributed by atoms with Crippen LogP contribution in [-0.2, 0) is 6.54 Å². The molecular formula is C10H11N5S. The molecule has 0 aromatic carbocycles. The predicted octanol–water partition coefficient (Wildman–Crippen LogP) is 1.62. The maximum absolute atomic E-state index is 4.26. The van der Waals surface area contributed by atoms with E-state index in [-0.39, 0.29) is 0 Å². The quantitative estimate of drug-likeness (QED) is 0.749. The topological polar surface area (TPSA) is 56.5 Å². The average molecular weight is 233 g/mol. The Bertz CT molecular complexity index is 481. The highest BCUT2D eigenvalue weighted by molar-refractivity contribution is 7.99. The number of nitrogens with zero attached hydrogens (tertiary/aromatic N) is 5. The normalized spacial score (nSPS) is 15.5. The molecule has 3 rings (SSSR count). The van der Waals surface area contributed by atoms with Crippen LogP contribution in [0.4, 0.5) is 0 Å². The van der Waals surface area contributed by atoms with E-state index in [0.717, 1.165) is 29.0 Å². The smallest absolute Gasteiger partial charge is 0.191 e. The van der Waals surface area contributed by atoms with E-state index in [2.05, 4.69) is 24.7 Å². The van der Waals surface area contributed by atoms with E-state index >= 15 is 0 Å². The van der Waals surface area contributed by atoms with E-state index in [1.54, 1.807) is 30.4 Å². The summed E-state index contributed by atoms with van der Waals surface area (Å²) in [6, 6.07) is 0. The lowest BCUT2D eigenvalue weighted by Gasteiger charge is -2.04. The molecule has 0 spiro atoms. The lowest BCUT2D eigenvalue weighted by molar-refractivity contribution is 0.606. The number of fused-ring (bicyclic) bond motifs is 1. The van der Waals surface area contributed by atoms with Crippen molar-refractivity contribution < 1.29 is 0 Å². The summed E-state index contributed by atoms with van der Waals surface area (Å²) in [6.45, 7) is 0.973. The Morgan fingerprint density at radius 2 is 2.19 bits per heavy atom. The second-order valence-corrected chi connectivity index (χ2v) is 4.67. The molecule has 0 bridgehead atoms. The largest absolute Gasteiger partial charge is 0.301 e. The van der Waals surface area contributed by atoms with E-state index in [9.17, 15) is 0 Å². The highest BCUT2D eigenvalue weighted by atomic mass is 32.2. The molecule has 2 aromatic rings. The van der Waals surface area contributed by atoms with Gasteiger partial charge in [0.05, 0.1) is 6.20 Å². The van der Waals surface area contributed by atoms with Gasteiger partial charge in [-0.1, -0.05) is 11.8 Å². The zero-order valence-electron chi connectivity index (χ0n) is 8.70. The van der Waals surface area contributed by atoms with Crippen LogP contribution in [0.15, 0.2) is 23.7 Å². The minimum absolute atomic E-state index is 0.795. The first-order chi connectivity index (χ1) is 7.95. The maximum Gasteiger partial charge on any atom is 0.191 e. The fourth-order valence-electron chi connectivity index (χ4n) is 1.74. The van der Waals surface area contributed by atoms with E-state index < -0.39 is 0 Å². The number of aromatic nitrogens is 5. The van der Waals surface area contributed by atoms with Crippen molar-refractivity contribution in [1.82, 2.24) is 24.7 Å². The molecule has 0 saturated carbocycles. The van der Waals surface area contributed by atoms with Gasteiger partial charge in [0.2, 0.25) is 0 Å². The average Bonchev–Trinajstić information content (AvgIpc) is 2.60. The molecule has 0 atom stereocenters. The van der Waals surface area contributed by atoms with Crippen LogP contribution in [0, 0.1) is 0 Å². The predicted molar refractivity (Wildman–Crippen MR) is 61.0 cm³/mol. The van der Waals surface area contributed by atoms with Gasteiger partial charge in [0.1, 0.15) is 5.69 Å². The minimum atomic E-state index is 0.795. The molecule has 1 aliphatic heterocycles. The first kappa shape index (κ1) is 9.77. The van der Waals surface area contributed by atoms with Crippen molar-refractivity contribution in [1.29, 1.82) is 0 Å². The van der Waals surface area contributed by atoms with Gasteiger partial charge >= 0.3 is 0 Å². The molecule has 0 amide bonds. The fourth-order valence-corrected chi connectivity index (χ4v) is 2.70. The molecule has 0 aliphatic carbocycles. The number of thioether (sulfide) groups is 1. The van der Waals surface area contributed by atoms with Crippen LogP contribution in [-0.4, -0.2) is 30.5 Å². The van der Waals surface area contributed by atoms with Crippen molar-refractivity contribution in [2.75, 3.05) is 5.75 Å². The number of hydrogen-bond acceptors (Lipinski definition) is 5. The van der Waals surface area contributed by atoms with Crippen molar-refractivity contribution in [2.45, 2.75) is 24.5 Å². The van der Waals surface area contributed by atoms with Gasteiger partial charge in [-0.25, -0.2) is 4.98 Å². The van der Waals surface area contributed by atoms with E-state index in [0.29, 0.717) is 0 Å². The summed E-state index contributed by atoms with van der Waals surface area (Å²) in [6.07, 6.45) is 7.48. The van der Waals surface area contributed by atoms with E-state index in [1.165, 1.54) is 12.8 Å². The van der Waals surface area contributed by atoms with Gasteiger partial charge in [0.15, 0.2) is 11.0 Å². The number of rotatable bonds is 1. The third-order valence-electron chi connectivity index (χ3n) is 2.52. The van der Waals surface area contributed by atoms with E-state index in [1.807, 2.05) is 0 Å². The van der Waals surface area contributed by atoms with Crippen molar-refractivity contribution >= 4 is 11.8 Å². The standard InChI is InChI=1S/C10H11N5S/c1-2-6-16-10-14-13-9(15(10)5-1)8-7-11-3-4-12-8/h3-4,7H,1-2,5-6H2. The Balaban J connectivity index is 2.06. The second kappa shape index (κ2) is 4.21. The van der Waals surface area contributed by atoms with Crippen LogP contribution < -0.4 is 0 Å². The monoisotopic (exact) mass is 233 g/mol. The zero-order chi connectivity index (χ0) is 10.8. The fraction of sp³-hybridized carbons (Fsp3) is 0.400. The molecule has 0 N–H and O–H groups in total. The molecular weight excluding hydrogens is 222 g/mol. The Morgan fingerprint density at radius 1 is 1.19 bits per heavy atom. The minimum Gasteiger partial charge on any atom is -0.301 e. The molecule has 16 heavy (non-hydrogen) atoms. The van der Waals surface area contributed by atoms with E-state index in [4.69, 9.17) is 0 Å². The third kappa shape index (κ3) is 1.69. The summed E-state index contributed by atoms with van der Waals surface area (Å²) in [4.78, 5) is 8.33. The van der Waals surface area contributed by atoms with Crippen LogP contribution in [0.25, 0.3) is 11.5 Å². The van der Waals surface area contributed by atoms with Crippen LogP contribution in [0.1, 0.15) is 12.8 Å². The van der Waals surface area contributed by atoms with Gasteiger partial charge in [-0.3, -0.25) is 4.98 Å². The van der Waals surface area contributed by atoms with Crippen molar-refractivity contribution in [3.63, 3.8) is 0 Å². The van der Waals surface area contributed by atoms with Crippen LogP contribution in [0.3, 0.4) is 0 Å². The Morgan fingerprint density at radius 3 is 3.06 bits per heavy atom. The summed E-state index contributed by atoms with van der Waals surface area (Å²) in [7, 11) is 0. The summed E-state index contributed by atoms with van der Waals surface area (Å²) in [5.74, 6) is 1.95. The Labute approximate surface area is 97.3 Å². The van der Waals surface area contributed by atoms with Crippen LogP contribution in [0.5, 0.6) is 0 Å². The van der Waals surface area contributed by atoms with Gasteiger partial charge in [-0.2, -0.15) is 0 Å². The zero-order valence-corrected chi connectivity index (χ0v) is 9.52. The Kier molecular flexibility index (Phi) is 2.57. The van der Waals surface area contributed by atoms with Gasteiger partial charge in [-0.05, 0) is 12.8 Å². The number of hydrogen-bond donors (Lipinski definition) is 0. The van der Waals surface area contributed by atoms with Crippen molar-refractivity contribution in [3.05, 3.63) is 18.6 Å². The molecule has 2 aromatic heterocycles. The highest BCUT2D eigenvalue weighted by Gasteiger charge is 2.16. The molecule has 3 heterocycles. The molecule has 5 nitrogen and oxygen atoms in total.